The van der Waals surface area contributed by atoms with Crippen LogP contribution in [0.1, 0.15) is 31.4 Å². The first-order chi connectivity index (χ1) is 8.99. The highest BCUT2D eigenvalue weighted by molar-refractivity contribution is 5.75. The van der Waals surface area contributed by atoms with E-state index in [1.54, 1.807) is 0 Å². The molecule has 19 heavy (non-hydrogen) atoms. The summed E-state index contributed by atoms with van der Waals surface area (Å²) in [5, 5.41) is 9.37. The summed E-state index contributed by atoms with van der Waals surface area (Å²) in [5.74, 6) is -2.57. The number of halogens is 2. The van der Waals surface area contributed by atoms with Crippen LogP contribution in [0.5, 0.6) is 0 Å². The third-order valence-electron chi connectivity index (χ3n) is 3.55. The van der Waals surface area contributed by atoms with Crippen molar-refractivity contribution < 1.29 is 18.7 Å². The highest BCUT2D eigenvalue weighted by Crippen LogP contribution is 2.28. The van der Waals surface area contributed by atoms with E-state index in [1.807, 2.05) is 4.90 Å². The maximum absolute atomic E-state index is 13.3. The molecule has 0 radical (unpaired) electrons. The number of benzene rings is 1. The number of nitrogens with zero attached hydrogens (tertiary/aromatic N) is 1. The number of aliphatic carboxylic acids is 1. The van der Waals surface area contributed by atoms with Crippen molar-refractivity contribution in [2.75, 3.05) is 13.1 Å². The molecule has 1 heterocycles. The average molecular weight is 269 g/mol. The van der Waals surface area contributed by atoms with Crippen LogP contribution in [0.15, 0.2) is 18.2 Å². The highest BCUT2D eigenvalue weighted by Gasteiger charge is 2.30. The Morgan fingerprint density at radius 2 is 2.16 bits per heavy atom. The van der Waals surface area contributed by atoms with Crippen molar-refractivity contribution >= 4 is 5.97 Å². The monoisotopic (exact) mass is 269 g/mol. The van der Waals surface area contributed by atoms with Gasteiger partial charge in [0.15, 0.2) is 11.6 Å². The Bertz CT molecular complexity index is 479. The van der Waals surface area contributed by atoms with Gasteiger partial charge < -0.3 is 5.11 Å². The minimum absolute atomic E-state index is 0.292. The van der Waals surface area contributed by atoms with E-state index in [0.717, 1.165) is 25.0 Å². The van der Waals surface area contributed by atoms with Gasteiger partial charge in [-0.25, -0.2) is 8.78 Å². The lowest BCUT2D eigenvalue weighted by molar-refractivity contribution is -0.144. The van der Waals surface area contributed by atoms with Crippen molar-refractivity contribution in [2.24, 2.45) is 5.92 Å². The predicted molar refractivity (Wildman–Crippen MR) is 66.7 cm³/mol. The summed E-state index contributed by atoms with van der Waals surface area (Å²) < 4.78 is 26.2. The molecule has 2 rings (SSSR count). The first-order valence-electron chi connectivity index (χ1n) is 6.41. The zero-order chi connectivity index (χ0) is 14.0. The molecule has 1 saturated heterocycles. The van der Waals surface area contributed by atoms with E-state index in [0.29, 0.717) is 24.6 Å². The van der Waals surface area contributed by atoms with Crippen LogP contribution in [0.4, 0.5) is 8.78 Å². The Morgan fingerprint density at radius 1 is 1.42 bits per heavy atom. The number of hydrogen-bond donors (Lipinski definition) is 1. The summed E-state index contributed by atoms with van der Waals surface area (Å²) in [6, 6.07) is 2.40. The quantitative estimate of drug-likeness (QED) is 0.917. The fraction of sp³-hybridized carbons (Fsp3) is 0.500. The van der Waals surface area contributed by atoms with Crippen LogP contribution in [-0.4, -0.2) is 29.1 Å². The standard InChI is InChI=1S/C14H17F2NO2/c1-9-3-2-6-17(8-9)13(14(18)19)10-4-5-11(15)12(16)7-10/h4-5,7,9,13H,2-3,6,8H2,1H3,(H,18,19). The molecule has 0 spiro atoms. The van der Waals surface area contributed by atoms with E-state index < -0.39 is 23.6 Å². The summed E-state index contributed by atoms with van der Waals surface area (Å²) in [5.41, 5.74) is 0.292. The number of hydrogen-bond acceptors (Lipinski definition) is 2. The molecular weight excluding hydrogens is 252 g/mol. The van der Waals surface area contributed by atoms with Gasteiger partial charge in [0.1, 0.15) is 6.04 Å². The lowest BCUT2D eigenvalue weighted by Gasteiger charge is -2.35. The molecule has 2 atom stereocenters. The third-order valence-corrected chi connectivity index (χ3v) is 3.55. The molecule has 0 bridgehead atoms. The lowest BCUT2D eigenvalue weighted by Crippen LogP contribution is -2.40. The van der Waals surface area contributed by atoms with Crippen molar-refractivity contribution in [1.29, 1.82) is 0 Å². The fourth-order valence-electron chi connectivity index (χ4n) is 2.65. The van der Waals surface area contributed by atoms with Gasteiger partial charge in [-0.05, 0) is 43.0 Å². The molecule has 1 fully saturated rings. The molecule has 1 aliphatic rings. The molecule has 1 N–H and O–H groups in total. The van der Waals surface area contributed by atoms with E-state index in [-0.39, 0.29) is 0 Å². The van der Waals surface area contributed by atoms with Gasteiger partial charge in [0.25, 0.3) is 0 Å². The van der Waals surface area contributed by atoms with E-state index in [1.165, 1.54) is 6.07 Å². The Hall–Kier alpha value is -1.49. The van der Waals surface area contributed by atoms with Crippen molar-refractivity contribution in [3.05, 3.63) is 35.4 Å². The highest BCUT2D eigenvalue weighted by atomic mass is 19.2. The predicted octanol–water partition coefficient (Wildman–Crippen LogP) is 2.82. The second-order valence-corrected chi connectivity index (χ2v) is 5.16. The number of carboxylic acids is 1. The summed E-state index contributed by atoms with van der Waals surface area (Å²) in [6.45, 7) is 3.40. The zero-order valence-corrected chi connectivity index (χ0v) is 10.8. The van der Waals surface area contributed by atoms with Gasteiger partial charge in [-0.15, -0.1) is 0 Å². The number of carboxylic acid groups (broad SMARTS) is 1. The van der Waals surface area contributed by atoms with Crippen molar-refractivity contribution in [2.45, 2.75) is 25.8 Å². The van der Waals surface area contributed by atoms with Gasteiger partial charge in [-0.2, -0.15) is 0 Å². The third kappa shape index (κ3) is 3.10. The first-order valence-corrected chi connectivity index (χ1v) is 6.41. The smallest absolute Gasteiger partial charge is 0.325 e. The Morgan fingerprint density at radius 3 is 2.74 bits per heavy atom. The average Bonchev–Trinajstić information content (AvgIpc) is 2.33. The minimum atomic E-state index is -1.03. The Labute approximate surface area is 110 Å². The SMILES string of the molecule is CC1CCCN(C(C(=O)O)c2ccc(F)c(F)c2)C1. The molecule has 2 unspecified atom stereocenters. The van der Waals surface area contributed by atoms with Gasteiger partial charge in [0, 0.05) is 6.54 Å². The summed E-state index contributed by atoms with van der Waals surface area (Å²) >= 11 is 0. The number of piperidine rings is 1. The Balaban J connectivity index is 2.28. The molecule has 3 nitrogen and oxygen atoms in total. The van der Waals surface area contributed by atoms with Crippen LogP contribution in [0.2, 0.25) is 0 Å². The van der Waals surface area contributed by atoms with Crippen LogP contribution in [0.3, 0.4) is 0 Å². The topological polar surface area (TPSA) is 40.5 Å². The molecule has 104 valence electrons. The van der Waals surface area contributed by atoms with Crippen LogP contribution in [0, 0.1) is 17.6 Å². The maximum Gasteiger partial charge on any atom is 0.325 e. The molecule has 1 aromatic carbocycles. The summed E-state index contributed by atoms with van der Waals surface area (Å²) in [7, 11) is 0. The van der Waals surface area contributed by atoms with Crippen LogP contribution in [-0.2, 0) is 4.79 Å². The van der Waals surface area contributed by atoms with Gasteiger partial charge in [0.2, 0.25) is 0 Å². The normalized spacial score (nSPS) is 22.2. The van der Waals surface area contributed by atoms with E-state index >= 15 is 0 Å². The summed E-state index contributed by atoms with van der Waals surface area (Å²) in [4.78, 5) is 13.3. The molecular formula is C14H17F2NO2. The molecule has 1 aliphatic heterocycles. The zero-order valence-electron chi connectivity index (χ0n) is 10.8. The van der Waals surface area contributed by atoms with Gasteiger partial charge >= 0.3 is 5.97 Å². The lowest BCUT2D eigenvalue weighted by atomic mass is 9.96. The van der Waals surface area contributed by atoms with E-state index in [4.69, 9.17) is 0 Å². The van der Waals surface area contributed by atoms with Crippen LogP contribution in [0.25, 0.3) is 0 Å². The van der Waals surface area contributed by atoms with Crippen LogP contribution >= 0.6 is 0 Å². The minimum Gasteiger partial charge on any atom is -0.480 e. The molecule has 1 aromatic rings. The van der Waals surface area contributed by atoms with Crippen molar-refractivity contribution in [1.82, 2.24) is 4.90 Å². The van der Waals surface area contributed by atoms with Gasteiger partial charge in [0.05, 0.1) is 0 Å². The Kier molecular flexibility index (Phi) is 4.14. The van der Waals surface area contributed by atoms with Crippen LogP contribution < -0.4 is 0 Å². The van der Waals surface area contributed by atoms with E-state index in [9.17, 15) is 18.7 Å². The van der Waals surface area contributed by atoms with E-state index in [2.05, 4.69) is 6.92 Å². The molecule has 0 amide bonds. The molecule has 5 heteroatoms. The number of carbonyl (C=O) groups is 1. The van der Waals surface area contributed by atoms with Crippen molar-refractivity contribution in [3.8, 4) is 0 Å². The number of rotatable bonds is 3. The second-order valence-electron chi connectivity index (χ2n) is 5.16. The fourth-order valence-corrected chi connectivity index (χ4v) is 2.65. The summed E-state index contributed by atoms with van der Waals surface area (Å²) in [6.07, 6.45) is 2.00. The largest absolute Gasteiger partial charge is 0.480 e. The van der Waals surface area contributed by atoms with Gasteiger partial charge in [-0.3, -0.25) is 9.69 Å². The molecule has 0 aromatic heterocycles. The number of likely N-dealkylation sites (tertiary alicyclic amines) is 1. The molecule has 0 saturated carbocycles. The van der Waals surface area contributed by atoms with Crippen molar-refractivity contribution in [3.63, 3.8) is 0 Å². The first kappa shape index (κ1) is 13.9. The van der Waals surface area contributed by atoms with Gasteiger partial charge in [-0.1, -0.05) is 13.0 Å². The maximum atomic E-state index is 13.3. The molecule has 0 aliphatic carbocycles. The second kappa shape index (κ2) is 5.65.